The van der Waals surface area contributed by atoms with Crippen LogP contribution in [-0.2, 0) is 0 Å². The van der Waals surface area contributed by atoms with Gasteiger partial charge in [-0.2, -0.15) is 0 Å². The van der Waals surface area contributed by atoms with E-state index in [1.807, 2.05) is 36.4 Å². The van der Waals surface area contributed by atoms with Crippen molar-refractivity contribution in [3.63, 3.8) is 0 Å². The predicted octanol–water partition coefficient (Wildman–Crippen LogP) is 3.35. The van der Waals surface area contributed by atoms with Crippen molar-refractivity contribution in [1.82, 2.24) is 4.98 Å². The summed E-state index contributed by atoms with van der Waals surface area (Å²) in [6.07, 6.45) is 0. The number of fused-ring (bicyclic) bond motifs is 2. The second kappa shape index (κ2) is 4.28. The number of hydrogen-bond acceptors (Lipinski definition) is 6. The predicted molar refractivity (Wildman–Crippen MR) is 79.9 cm³/mol. The van der Waals surface area contributed by atoms with Crippen LogP contribution in [0.2, 0.25) is 0 Å². The van der Waals surface area contributed by atoms with Gasteiger partial charge in [-0.1, -0.05) is 11.3 Å². The Bertz CT molecular complexity index is 800. The van der Waals surface area contributed by atoms with Crippen LogP contribution < -0.4 is 20.5 Å². The van der Waals surface area contributed by atoms with E-state index < -0.39 is 0 Å². The molecule has 0 radical (unpaired) electrons. The van der Waals surface area contributed by atoms with Crippen LogP contribution in [0.15, 0.2) is 36.4 Å². The van der Waals surface area contributed by atoms with Gasteiger partial charge in [0.2, 0.25) is 6.79 Å². The number of nitrogens with zero attached hydrogens (tertiary/aromatic N) is 1. The number of hydrogen-bond donors (Lipinski definition) is 2. The zero-order valence-electron chi connectivity index (χ0n) is 10.4. The summed E-state index contributed by atoms with van der Waals surface area (Å²) < 4.78 is 11.7. The van der Waals surface area contributed by atoms with Crippen molar-refractivity contribution in [1.29, 1.82) is 0 Å². The molecule has 1 aromatic heterocycles. The fourth-order valence-corrected chi connectivity index (χ4v) is 3.03. The number of benzene rings is 2. The Morgan fingerprint density at radius 1 is 1.10 bits per heavy atom. The number of ether oxygens (including phenoxy) is 2. The maximum absolute atomic E-state index is 5.78. The molecule has 0 saturated carbocycles. The quantitative estimate of drug-likeness (QED) is 0.707. The lowest BCUT2D eigenvalue weighted by atomic mass is 10.3. The molecule has 3 aromatic rings. The Kier molecular flexibility index (Phi) is 2.43. The maximum Gasteiger partial charge on any atom is 0.231 e. The van der Waals surface area contributed by atoms with E-state index in [0.717, 1.165) is 38.2 Å². The van der Waals surface area contributed by atoms with Crippen LogP contribution in [0, 0.1) is 0 Å². The summed E-state index contributed by atoms with van der Waals surface area (Å²) >= 11 is 1.57. The number of nitrogens with one attached hydrogen (secondary N) is 1. The number of thiazole rings is 1. The molecule has 0 fully saturated rings. The Balaban J connectivity index is 1.66. The molecule has 0 atom stereocenters. The Morgan fingerprint density at radius 2 is 2.00 bits per heavy atom. The molecule has 1 aliphatic heterocycles. The fourth-order valence-electron chi connectivity index (χ4n) is 2.09. The number of aromatic nitrogens is 1. The van der Waals surface area contributed by atoms with Crippen LogP contribution in [0.1, 0.15) is 0 Å². The van der Waals surface area contributed by atoms with Gasteiger partial charge in [-0.25, -0.2) is 4.98 Å². The van der Waals surface area contributed by atoms with E-state index in [0.29, 0.717) is 0 Å². The molecule has 0 amide bonds. The Hall–Kier alpha value is -2.47. The highest BCUT2D eigenvalue weighted by molar-refractivity contribution is 7.22. The smallest absolute Gasteiger partial charge is 0.231 e. The van der Waals surface area contributed by atoms with Gasteiger partial charge in [0.15, 0.2) is 16.6 Å². The van der Waals surface area contributed by atoms with Crippen molar-refractivity contribution < 1.29 is 9.47 Å². The monoisotopic (exact) mass is 285 g/mol. The van der Waals surface area contributed by atoms with Crippen LogP contribution in [-0.4, -0.2) is 11.8 Å². The molecule has 2 heterocycles. The molecule has 6 heteroatoms. The van der Waals surface area contributed by atoms with Crippen LogP contribution in [0.5, 0.6) is 11.5 Å². The van der Waals surface area contributed by atoms with Gasteiger partial charge < -0.3 is 20.5 Å². The van der Waals surface area contributed by atoms with Gasteiger partial charge in [-0.05, 0) is 30.3 Å². The number of nitrogens with two attached hydrogens (primary N) is 1. The molecule has 0 spiro atoms. The molecule has 20 heavy (non-hydrogen) atoms. The van der Waals surface area contributed by atoms with Gasteiger partial charge >= 0.3 is 0 Å². The maximum atomic E-state index is 5.78. The van der Waals surface area contributed by atoms with Gasteiger partial charge in [0.1, 0.15) is 0 Å². The first kappa shape index (κ1) is 11.4. The summed E-state index contributed by atoms with van der Waals surface area (Å²) in [6, 6.07) is 11.4. The average Bonchev–Trinajstić information content (AvgIpc) is 3.03. The Morgan fingerprint density at radius 3 is 2.95 bits per heavy atom. The third-order valence-electron chi connectivity index (χ3n) is 3.04. The molecular formula is C14H11N3O2S. The van der Waals surface area contributed by atoms with Crippen molar-refractivity contribution in [3.8, 4) is 11.5 Å². The largest absolute Gasteiger partial charge is 0.454 e. The molecular weight excluding hydrogens is 274 g/mol. The van der Waals surface area contributed by atoms with Crippen LogP contribution in [0.4, 0.5) is 16.5 Å². The lowest BCUT2D eigenvalue weighted by Gasteiger charge is -2.03. The molecule has 2 aromatic carbocycles. The summed E-state index contributed by atoms with van der Waals surface area (Å²) in [4.78, 5) is 4.52. The van der Waals surface area contributed by atoms with E-state index in [4.69, 9.17) is 15.2 Å². The third kappa shape index (κ3) is 1.90. The molecule has 100 valence electrons. The highest BCUT2D eigenvalue weighted by Crippen LogP contribution is 2.36. The zero-order valence-corrected chi connectivity index (χ0v) is 11.2. The second-order valence-corrected chi connectivity index (χ2v) is 5.47. The van der Waals surface area contributed by atoms with Crippen molar-refractivity contribution in [3.05, 3.63) is 36.4 Å². The highest BCUT2D eigenvalue weighted by Gasteiger charge is 2.13. The van der Waals surface area contributed by atoms with E-state index in [1.54, 1.807) is 11.3 Å². The number of anilines is 3. The number of rotatable bonds is 2. The average molecular weight is 285 g/mol. The lowest BCUT2D eigenvalue weighted by molar-refractivity contribution is 0.174. The van der Waals surface area contributed by atoms with E-state index in [1.165, 1.54) is 0 Å². The molecule has 3 N–H and O–H groups in total. The van der Waals surface area contributed by atoms with Crippen molar-refractivity contribution in [2.75, 3.05) is 17.8 Å². The summed E-state index contributed by atoms with van der Waals surface area (Å²) in [7, 11) is 0. The minimum atomic E-state index is 0.277. The first-order chi connectivity index (χ1) is 9.78. The SMILES string of the molecule is Nc1ccc2nc(Nc3ccc4c(c3)OCO4)sc2c1. The topological polar surface area (TPSA) is 69.4 Å². The summed E-state index contributed by atoms with van der Waals surface area (Å²) in [5, 5.41) is 4.10. The van der Waals surface area contributed by atoms with Crippen LogP contribution >= 0.6 is 11.3 Å². The van der Waals surface area contributed by atoms with Gasteiger partial charge in [-0.3, -0.25) is 0 Å². The zero-order chi connectivity index (χ0) is 13.5. The lowest BCUT2D eigenvalue weighted by Crippen LogP contribution is -1.93. The summed E-state index contributed by atoms with van der Waals surface area (Å²) in [5.74, 6) is 1.52. The molecule has 1 aliphatic rings. The van der Waals surface area contributed by atoms with Crippen molar-refractivity contribution in [2.24, 2.45) is 0 Å². The van der Waals surface area contributed by atoms with E-state index in [-0.39, 0.29) is 6.79 Å². The molecule has 0 bridgehead atoms. The molecule has 4 rings (SSSR count). The first-order valence-corrected chi connectivity index (χ1v) is 6.92. The molecule has 0 saturated heterocycles. The first-order valence-electron chi connectivity index (χ1n) is 6.11. The van der Waals surface area contributed by atoms with E-state index in [9.17, 15) is 0 Å². The Labute approximate surface area is 119 Å². The molecule has 0 unspecified atom stereocenters. The van der Waals surface area contributed by atoms with Gasteiger partial charge in [0.05, 0.1) is 10.2 Å². The molecule has 0 aliphatic carbocycles. The van der Waals surface area contributed by atoms with E-state index >= 15 is 0 Å². The standard InChI is InChI=1S/C14H11N3O2S/c15-8-1-3-10-13(5-8)20-14(17-10)16-9-2-4-11-12(6-9)19-7-18-11/h1-6H,7,15H2,(H,16,17). The van der Waals surface area contributed by atoms with Crippen molar-refractivity contribution >= 4 is 38.1 Å². The molecule has 5 nitrogen and oxygen atoms in total. The normalized spacial score (nSPS) is 12.8. The third-order valence-corrected chi connectivity index (χ3v) is 3.97. The van der Waals surface area contributed by atoms with Crippen molar-refractivity contribution in [2.45, 2.75) is 0 Å². The highest BCUT2D eigenvalue weighted by atomic mass is 32.1. The fraction of sp³-hybridized carbons (Fsp3) is 0.0714. The summed E-state index contributed by atoms with van der Waals surface area (Å²) in [6.45, 7) is 0.277. The summed E-state index contributed by atoms with van der Waals surface area (Å²) in [5.41, 5.74) is 8.38. The minimum Gasteiger partial charge on any atom is -0.454 e. The minimum absolute atomic E-state index is 0.277. The second-order valence-electron chi connectivity index (χ2n) is 4.44. The van der Waals surface area contributed by atoms with Gasteiger partial charge in [-0.15, -0.1) is 0 Å². The van der Waals surface area contributed by atoms with Gasteiger partial charge in [0.25, 0.3) is 0 Å². The van der Waals surface area contributed by atoms with Crippen LogP contribution in [0.25, 0.3) is 10.2 Å². The van der Waals surface area contributed by atoms with Gasteiger partial charge in [0, 0.05) is 17.4 Å². The number of nitrogen functional groups attached to an aromatic ring is 1. The van der Waals surface area contributed by atoms with E-state index in [2.05, 4.69) is 10.3 Å². The van der Waals surface area contributed by atoms with Crippen LogP contribution in [0.3, 0.4) is 0 Å².